The molecule has 0 aliphatic rings. The lowest BCUT2D eigenvalue weighted by Crippen LogP contribution is -2.06. The predicted molar refractivity (Wildman–Crippen MR) is 96.2 cm³/mol. The zero-order valence-electron chi connectivity index (χ0n) is 14.5. The number of hydrogen-bond donors (Lipinski definition) is 2. The molecule has 0 radical (unpaired) electrons. The molecule has 0 saturated heterocycles. The molecule has 0 saturated carbocycles. The molecule has 3 rings (SSSR count). The minimum Gasteiger partial charge on any atom is -0.475 e. The molecule has 0 aliphatic heterocycles. The Kier molecular flexibility index (Phi) is 5.16. The number of benzene rings is 1. The molecule has 6 nitrogen and oxygen atoms in total. The first-order valence-corrected chi connectivity index (χ1v) is 8.01. The molecule has 0 spiro atoms. The maximum Gasteiger partial charge on any atom is 0.417 e. The van der Waals surface area contributed by atoms with Crippen molar-refractivity contribution in [2.24, 2.45) is 5.10 Å². The van der Waals surface area contributed by atoms with Gasteiger partial charge in [0.25, 0.3) is 0 Å². The van der Waals surface area contributed by atoms with Gasteiger partial charge in [0.15, 0.2) is 0 Å². The quantitative estimate of drug-likeness (QED) is 0.479. The number of pyridine rings is 1. The van der Waals surface area contributed by atoms with Crippen LogP contribution < -0.4 is 5.43 Å². The number of hydrazone groups is 1. The van der Waals surface area contributed by atoms with E-state index < -0.39 is 17.7 Å². The first-order valence-electron chi connectivity index (χ1n) is 8.01. The van der Waals surface area contributed by atoms with E-state index in [0.717, 1.165) is 17.8 Å². The van der Waals surface area contributed by atoms with Crippen molar-refractivity contribution < 1.29 is 27.5 Å². The molecule has 144 valence electrons. The Hall–Kier alpha value is -3.62. The normalized spacial score (nSPS) is 12.1. The summed E-state index contributed by atoms with van der Waals surface area (Å²) >= 11 is 0. The minimum absolute atomic E-state index is 0.148. The average Bonchev–Trinajstić information content (AvgIpc) is 3.16. The Labute approximate surface area is 157 Å². The highest BCUT2D eigenvalue weighted by Crippen LogP contribution is 2.29. The highest BCUT2D eigenvalue weighted by Gasteiger charge is 2.30. The van der Waals surface area contributed by atoms with E-state index in [4.69, 9.17) is 9.52 Å². The lowest BCUT2D eigenvalue weighted by atomic mass is 10.1. The number of aromatic nitrogens is 1. The fourth-order valence-corrected chi connectivity index (χ4v) is 2.32. The van der Waals surface area contributed by atoms with Gasteiger partial charge in [-0.2, -0.15) is 18.3 Å². The van der Waals surface area contributed by atoms with Gasteiger partial charge in [-0.25, -0.2) is 9.78 Å². The molecule has 0 bridgehead atoms. The summed E-state index contributed by atoms with van der Waals surface area (Å²) in [5.41, 5.74) is 3.81. The Balaban J connectivity index is 1.70. The van der Waals surface area contributed by atoms with Gasteiger partial charge in [0, 0.05) is 11.8 Å². The zero-order valence-corrected chi connectivity index (χ0v) is 14.5. The van der Waals surface area contributed by atoms with Crippen LogP contribution in [0, 0.1) is 0 Å². The van der Waals surface area contributed by atoms with Crippen LogP contribution in [0.15, 0.2) is 64.2 Å². The predicted octanol–water partition coefficient (Wildman–Crippen LogP) is 4.89. The van der Waals surface area contributed by atoms with Gasteiger partial charge in [0.1, 0.15) is 11.6 Å². The van der Waals surface area contributed by atoms with E-state index in [0.29, 0.717) is 17.0 Å². The fraction of sp³-hybridized carbons (Fsp3) is 0.105. The second-order valence-corrected chi connectivity index (χ2v) is 5.79. The van der Waals surface area contributed by atoms with Gasteiger partial charge in [0.2, 0.25) is 5.76 Å². The van der Waals surface area contributed by atoms with Crippen LogP contribution in [0.4, 0.5) is 19.0 Å². The maximum absolute atomic E-state index is 12.5. The Bertz CT molecular complexity index is 1010. The van der Waals surface area contributed by atoms with Gasteiger partial charge in [-0.1, -0.05) is 24.3 Å². The number of rotatable bonds is 5. The number of carboxylic acid groups (broad SMARTS) is 1. The van der Waals surface area contributed by atoms with E-state index in [-0.39, 0.29) is 11.6 Å². The Morgan fingerprint density at radius 2 is 1.82 bits per heavy atom. The summed E-state index contributed by atoms with van der Waals surface area (Å²) in [7, 11) is 0. The van der Waals surface area contributed by atoms with Crippen LogP contribution >= 0.6 is 0 Å². The summed E-state index contributed by atoms with van der Waals surface area (Å²) in [5.74, 6) is -0.690. The monoisotopic (exact) mass is 389 g/mol. The smallest absolute Gasteiger partial charge is 0.417 e. The Morgan fingerprint density at radius 1 is 1.11 bits per heavy atom. The van der Waals surface area contributed by atoms with Crippen LogP contribution in [-0.2, 0) is 6.18 Å². The van der Waals surface area contributed by atoms with Crippen LogP contribution in [0.25, 0.3) is 11.3 Å². The third-order valence-electron chi connectivity index (χ3n) is 3.83. The summed E-state index contributed by atoms with van der Waals surface area (Å²) in [5, 5.41) is 13.0. The van der Waals surface area contributed by atoms with Crippen molar-refractivity contribution in [2.75, 3.05) is 5.43 Å². The van der Waals surface area contributed by atoms with E-state index in [1.165, 1.54) is 12.1 Å². The van der Waals surface area contributed by atoms with Crippen LogP contribution in [0.1, 0.15) is 28.6 Å². The number of hydrogen-bond acceptors (Lipinski definition) is 5. The van der Waals surface area contributed by atoms with Crippen LogP contribution in [0.5, 0.6) is 0 Å². The number of carboxylic acids is 1. The van der Waals surface area contributed by atoms with Crippen LogP contribution in [0.2, 0.25) is 0 Å². The largest absolute Gasteiger partial charge is 0.475 e. The highest BCUT2D eigenvalue weighted by atomic mass is 19.4. The number of furan rings is 1. The molecule has 0 unspecified atom stereocenters. The molecule has 1 aromatic carbocycles. The number of anilines is 1. The molecule has 0 amide bonds. The van der Waals surface area contributed by atoms with Gasteiger partial charge in [-0.15, -0.1) is 0 Å². The fourth-order valence-electron chi connectivity index (χ4n) is 2.32. The van der Waals surface area contributed by atoms with Crippen LogP contribution in [0.3, 0.4) is 0 Å². The minimum atomic E-state index is -4.44. The van der Waals surface area contributed by atoms with Crippen molar-refractivity contribution in [3.8, 4) is 11.3 Å². The van der Waals surface area contributed by atoms with Gasteiger partial charge < -0.3 is 9.52 Å². The summed E-state index contributed by atoms with van der Waals surface area (Å²) in [6, 6.07) is 12.1. The van der Waals surface area contributed by atoms with Gasteiger partial charge in [-0.3, -0.25) is 5.43 Å². The van der Waals surface area contributed by atoms with E-state index in [1.54, 1.807) is 37.3 Å². The number of nitrogens with one attached hydrogen (secondary N) is 1. The molecular formula is C19H14F3N3O3. The molecule has 0 fully saturated rings. The number of nitrogens with zero attached hydrogens (tertiary/aromatic N) is 2. The van der Waals surface area contributed by atoms with Crippen molar-refractivity contribution in [1.82, 2.24) is 4.98 Å². The van der Waals surface area contributed by atoms with Gasteiger partial charge in [0.05, 0.1) is 11.3 Å². The van der Waals surface area contributed by atoms with Crippen molar-refractivity contribution in [1.29, 1.82) is 0 Å². The van der Waals surface area contributed by atoms with Crippen LogP contribution in [-0.4, -0.2) is 21.8 Å². The van der Waals surface area contributed by atoms with Gasteiger partial charge in [-0.05, 0) is 36.8 Å². The van der Waals surface area contributed by atoms with E-state index >= 15 is 0 Å². The van der Waals surface area contributed by atoms with Crippen molar-refractivity contribution in [2.45, 2.75) is 13.1 Å². The molecule has 2 heterocycles. The standard InChI is InChI=1S/C19H14F3N3O3/c1-11(24-25-17-9-6-14(10-23-17)19(20,21)22)12-2-4-13(5-3-12)15-7-8-16(28-15)18(26)27/h2-10H,1H3,(H,23,25)(H,26,27)/b24-11-. The third kappa shape index (κ3) is 4.37. The average molecular weight is 389 g/mol. The van der Waals surface area contributed by atoms with E-state index in [2.05, 4.69) is 15.5 Å². The third-order valence-corrected chi connectivity index (χ3v) is 3.83. The molecule has 9 heteroatoms. The maximum atomic E-state index is 12.5. The second kappa shape index (κ2) is 7.55. The van der Waals surface area contributed by atoms with Crippen molar-refractivity contribution >= 4 is 17.5 Å². The first-order chi connectivity index (χ1) is 13.2. The van der Waals surface area contributed by atoms with E-state index in [9.17, 15) is 18.0 Å². The van der Waals surface area contributed by atoms with Gasteiger partial charge >= 0.3 is 12.1 Å². The topological polar surface area (TPSA) is 87.7 Å². The lowest BCUT2D eigenvalue weighted by Gasteiger charge is -2.07. The molecule has 2 N–H and O–H groups in total. The van der Waals surface area contributed by atoms with Crippen molar-refractivity contribution in [3.05, 3.63) is 71.6 Å². The summed E-state index contributed by atoms with van der Waals surface area (Å²) < 4.78 is 42.8. The molecule has 2 aromatic heterocycles. The Morgan fingerprint density at radius 3 is 2.36 bits per heavy atom. The zero-order chi connectivity index (χ0) is 20.3. The van der Waals surface area contributed by atoms with Crippen molar-refractivity contribution in [3.63, 3.8) is 0 Å². The summed E-state index contributed by atoms with van der Waals surface area (Å²) in [4.78, 5) is 14.6. The summed E-state index contributed by atoms with van der Waals surface area (Å²) in [6.45, 7) is 1.72. The molecular weight excluding hydrogens is 375 g/mol. The second-order valence-electron chi connectivity index (χ2n) is 5.79. The summed E-state index contributed by atoms with van der Waals surface area (Å²) in [6.07, 6.45) is -3.71. The molecule has 0 atom stereocenters. The highest BCUT2D eigenvalue weighted by molar-refractivity contribution is 5.99. The molecule has 28 heavy (non-hydrogen) atoms. The first kappa shape index (κ1) is 19.2. The molecule has 0 aliphatic carbocycles. The number of alkyl halides is 3. The lowest BCUT2D eigenvalue weighted by molar-refractivity contribution is -0.137. The SMILES string of the molecule is C/C(=N/Nc1ccc(C(F)(F)F)cn1)c1ccc(-c2ccc(C(=O)O)o2)cc1. The number of aromatic carboxylic acids is 1. The number of carbonyl (C=O) groups is 1. The number of halogens is 3. The molecule has 3 aromatic rings. The van der Waals surface area contributed by atoms with E-state index in [1.807, 2.05) is 0 Å².